The first kappa shape index (κ1) is 14.5. The van der Waals surface area contributed by atoms with Gasteiger partial charge in [-0.15, -0.1) is 0 Å². The van der Waals surface area contributed by atoms with Crippen LogP contribution in [0.4, 0.5) is 0 Å². The molecule has 3 heteroatoms. The Morgan fingerprint density at radius 2 is 2.24 bits per heavy atom. The van der Waals surface area contributed by atoms with E-state index in [9.17, 15) is 4.79 Å². The molecule has 0 aromatic rings. The van der Waals surface area contributed by atoms with Crippen molar-refractivity contribution in [3.05, 3.63) is 0 Å². The molecule has 0 spiro atoms. The lowest BCUT2D eigenvalue weighted by atomic mass is 9.82. The van der Waals surface area contributed by atoms with Crippen molar-refractivity contribution in [2.75, 3.05) is 13.2 Å². The number of carbonyl (C=O) groups is 1. The normalized spacial score (nSPS) is 26.5. The zero-order chi connectivity index (χ0) is 12.7. The molecular formula is C14H27NO2. The minimum atomic E-state index is -0.0930. The quantitative estimate of drug-likeness (QED) is 0.727. The first-order valence-electron chi connectivity index (χ1n) is 7.00. The van der Waals surface area contributed by atoms with Crippen molar-refractivity contribution in [1.82, 2.24) is 5.32 Å². The Morgan fingerprint density at radius 1 is 1.47 bits per heavy atom. The van der Waals surface area contributed by atoms with Gasteiger partial charge in [0.25, 0.3) is 0 Å². The Kier molecular flexibility index (Phi) is 6.56. The van der Waals surface area contributed by atoms with Gasteiger partial charge in [-0.2, -0.15) is 0 Å². The third-order valence-electron chi connectivity index (χ3n) is 3.58. The van der Waals surface area contributed by atoms with E-state index in [1.165, 1.54) is 25.7 Å². The summed E-state index contributed by atoms with van der Waals surface area (Å²) in [6.07, 6.45) is 5.90. The largest absolute Gasteiger partial charge is 0.466 e. The predicted octanol–water partition coefficient (Wildman–Crippen LogP) is 2.74. The topological polar surface area (TPSA) is 38.3 Å². The van der Waals surface area contributed by atoms with Gasteiger partial charge in [-0.1, -0.05) is 19.8 Å². The minimum Gasteiger partial charge on any atom is -0.466 e. The molecule has 1 rings (SSSR count). The Balaban J connectivity index is 2.14. The zero-order valence-electron chi connectivity index (χ0n) is 11.5. The fourth-order valence-corrected chi connectivity index (χ4v) is 2.66. The van der Waals surface area contributed by atoms with Crippen molar-refractivity contribution >= 4 is 5.97 Å². The van der Waals surface area contributed by atoms with Crippen molar-refractivity contribution in [3.8, 4) is 0 Å². The van der Waals surface area contributed by atoms with E-state index in [4.69, 9.17) is 4.74 Å². The highest BCUT2D eigenvalue weighted by molar-refractivity contribution is 5.69. The van der Waals surface area contributed by atoms with Crippen molar-refractivity contribution in [2.45, 2.75) is 58.9 Å². The van der Waals surface area contributed by atoms with Crippen LogP contribution in [-0.2, 0) is 9.53 Å². The number of rotatable bonds is 6. The molecule has 100 valence electrons. The number of hydrogen-bond acceptors (Lipinski definition) is 3. The Bertz CT molecular complexity index is 230. The van der Waals surface area contributed by atoms with Crippen LogP contribution >= 0.6 is 0 Å². The summed E-state index contributed by atoms with van der Waals surface area (Å²) in [5.74, 6) is 1.57. The van der Waals surface area contributed by atoms with Crippen molar-refractivity contribution in [3.63, 3.8) is 0 Å². The molecular weight excluding hydrogens is 214 g/mol. The number of esters is 1. The lowest BCUT2D eigenvalue weighted by Crippen LogP contribution is -2.34. The first-order chi connectivity index (χ1) is 8.11. The Morgan fingerprint density at radius 3 is 2.88 bits per heavy atom. The molecule has 3 atom stereocenters. The molecule has 1 saturated carbocycles. The summed E-state index contributed by atoms with van der Waals surface area (Å²) in [4.78, 5) is 11.3. The molecule has 0 aliphatic heterocycles. The van der Waals surface area contributed by atoms with Crippen LogP contribution in [0, 0.1) is 11.8 Å². The number of carbonyl (C=O) groups excluding carboxylic acids is 1. The van der Waals surface area contributed by atoms with Gasteiger partial charge in [0.05, 0.1) is 13.0 Å². The summed E-state index contributed by atoms with van der Waals surface area (Å²) < 4.78 is 4.94. The lowest BCUT2D eigenvalue weighted by Gasteiger charge is -2.28. The van der Waals surface area contributed by atoms with Crippen molar-refractivity contribution in [1.29, 1.82) is 0 Å². The fourth-order valence-electron chi connectivity index (χ4n) is 2.66. The van der Waals surface area contributed by atoms with E-state index in [0.717, 1.165) is 18.4 Å². The Hall–Kier alpha value is -0.570. The molecule has 0 aromatic carbocycles. The average molecular weight is 241 g/mol. The molecule has 3 nitrogen and oxygen atoms in total. The molecule has 0 radical (unpaired) electrons. The first-order valence-corrected chi connectivity index (χ1v) is 7.00. The molecule has 3 unspecified atom stereocenters. The summed E-state index contributed by atoms with van der Waals surface area (Å²) in [5.41, 5.74) is 0. The highest BCUT2D eigenvalue weighted by atomic mass is 16.5. The summed E-state index contributed by atoms with van der Waals surface area (Å²) in [6, 6.07) is 0.228. The maximum absolute atomic E-state index is 11.3. The van der Waals surface area contributed by atoms with Crippen LogP contribution in [0.3, 0.4) is 0 Å². The van der Waals surface area contributed by atoms with Gasteiger partial charge in [-0.05, 0) is 45.1 Å². The Labute approximate surface area is 105 Å². The summed E-state index contributed by atoms with van der Waals surface area (Å²) >= 11 is 0. The monoisotopic (exact) mass is 241 g/mol. The third kappa shape index (κ3) is 6.06. The molecule has 0 amide bonds. The van der Waals surface area contributed by atoms with Crippen LogP contribution in [-0.4, -0.2) is 25.2 Å². The second kappa shape index (κ2) is 7.70. The van der Waals surface area contributed by atoms with E-state index < -0.39 is 0 Å². The van der Waals surface area contributed by atoms with Gasteiger partial charge in [0.1, 0.15) is 0 Å². The predicted molar refractivity (Wildman–Crippen MR) is 69.8 cm³/mol. The molecule has 1 N–H and O–H groups in total. The van der Waals surface area contributed by atoms with Gasteiger partial charge < -0.3 is 10.1 Å². The second-order valence-electron chi connectivity index (χ2n) is 5.46. The van der Waals surface area contributed by atoms with Crippen LogP contribution in [0.15, 0.2) is 0 Å². The van der Waals surface area contributed by atoms with Gasteiger partial charge in [-0.3, -0.25) is 4.79 Å². The van der Waals surface area contributed by atoms with E-state index >= 15 is 0 Å². The number of nitrogens with one attached hydrogen (secondary N) is 1. The highest BCUT2D eigenvalue weighted by Gasteiger charge is 2.19. The molecule has 0 bridgehead atoms. The van der Waals surface area contributed by atoms with E-state index in [-0.39, 0.29) is 12.0 Å². The van der Waals surface area contributed by atoms with Gasteiger partial charge in [-0.25, -0.2) is 0 Å². The molecule has 0 aromatic heterocycles. The van der Waals surface area contributed by atoms with E-state index in [0.29, 0.717) is 13.0 Å². The van der Waals surface area contributed by atoms with Crippen LogP contribution in [0.5, 0.6) is 0 Å². The average Bonchev–Trinajstić information content (AvgIpc) is 2.27. The highest BCUT2D eigenvalue weighted by Crippen LogP contribution is 2.27. The number of ether oxygens (including phenoxy) is 1. The van der Waals surface area contributed by atoms with Crippen molar-refractivity contribution < 1.29 is 9.53 Å². The smallest absolute Gasteiger partial charge is 0.307 e. The summed E-state index contributed by atoms with van der Waals surface area (Å²) in [5, 5.41) is 3.46. The molecule has 1 aliphatic carbocycles. The fraction of sp³-hybridized carbons (Fsp3) is 0.929. The van der Waals surface area contributed by atoms with E-state index in [2.05, 4.69) is 19.2 Å². The second-order valence-corrected chi connectivity index (χ2v) is 5.46. The van der Waals surface area contributed by atoms with Gasteiger partial charge in [0.15, 0.2) is 0 Å². The SMILES string of the molecule is CCOC(=O)CC(C)NCC1CCCC(C)C1. The zero-order valence-corrected chi connectivity index (χ0v) is 11.5. The maximum atomic E-state index is 11.3. The van der Waals surface area contributed by atoms with E-state index in [1.54, 1.807) is 0 Å². The lowest BCUT2D eigenvalue weighted by molar-refractivity contribution is -0.143. The summed E-state index contributed by atoms with van der Waals surface area (Å²) in [7, 11) is 0. The standard InChI is InChI=1S/C14H27NO2/c1-4-17-14(16)9-12(3)15-10-13-7-5-6-11(2)8-13/h11-13,15H,4-10H2,1-3H3. The van der Waals surface area contributed by atoms with Crippen LogP contribution in [0.2, 0.25) is 0 Å². The molecule has 17 heavy (non-hydrogen) atoms. The van der Waals surface area contributed by atoms with E-state index in [1.807, 2.05) is 6.92 Å². The van der Waals surface area contributed by atoms with Gasteiger partial charge in [0, 0.05) is 6.04 Å². The molecule has 1 fully saturated rings. The van der Waals surface area contributed by atoms with Crippen LogP contribution in [0.1, 0.15) is 52.9 Å². The molecule has 1 aliphatic rings. The van der Waals surface area contributed by atoms with Gasteiger partial charge >= 0.3 is 5.97 Å². The van der Waals surface area contributed by atoms with Crippen LogP contribution < -0.4 is 5.32 Å². The van der Waals surface area contributed by atoms with Crippen molar-refractivity contribution in [2.24, 2.45) is 11.8 Å². The number of hydrogen-bond donors (Lipinski definition) is 1. The minimum absolute atomic E-state index is 0.0930. The maximum Gasteiger partial charge on any atom is 0.307 e. The third-order valence-corrected chi connectivity index (χ3v) is 3.58. The van der Waals surface area contributed by atoms with Crippen LogP contribution in [0.25, 0.3) is 0 Å². The van der Waals surface area contributed by atoms with Gasteiger partial charge in [0.2, 0.25) is 0 Å². The molecule has 0 saturated heterocycles. The molecule has 0 heterocycles. The summed E-state index contributed by atoms with van der Waals surface area (Å²) in [6.45, 7) is 7.77.